The Morgan fingerprint density at radius 1 is 1.07 bits per heavy atom. The Morgan fingerprint density at radius 3 is 2.57 bits per heavy atom. The number of rotatable bonds is 9. The lowest BCUT2D eigenvalue weighted by molar-refractivity contribution is -0.111. The number of hydrogen-bond acceptors (Lipinski definition) is 8. The van der Waals surface area contributed by atoms with Crippen LogP contribution in [0.1, 0.15) is 15.9 Å². The third-order valence-electron chi connectivity index (χ3n) is 3.89. The molecule has 0 saturated carbocycles. The van der Waals surface area contributed by atoms with E-state index < -0.39 is 0 Å². The zero-order valence-corrected chi connectivity index (χ0v) is 18.0. The van der Waals surface area contributed by atoms with Gasteiger partial charge in [0, 0.05) is 11.6 Å². The van der Waals surface area contributed by atoms with Gasteiger partial charge in [-0.05, 0) is 23.8 Å². The number of amides is 1. The Kier molecular flexibility index (Phi) is 7.58. The number of ketones is 1. The van der Waals surface area contributed by atoms with E-state index in [4.69, 9.17) is 9.47 Å². The van der Waals surface area contributed by atoms with Crippen molar-refractivity contribution >= 4 is 46.0 Å². The van der Waals surface area contributed by atoms with Gasteiger partial charge >= 0.3 is 0 Å². The van der Waals surface area contributed by atoms with Crippen LogP contribution >= 0.6 is 23.1 Å². The fourth-order valence-corrected chi connectivity index (χ4v) is 4.08. The molecule has 3 aromatic rings. The zero-order chi connectivity index (χ0) is 21.3. The van der Waals surface area contributed by atoms with E-state index >= 15 is 0 Å². The summed E-state index contributed by atoms with van der Waals surface area (Å²) in [6, 6.07) is 14.4. The molecule has 1 heterocycles. The number of benzene rings is 2. The third-order valence-corrected chi connectivity index (χ3v) is 5.87. The molecule has 0 saturated heterocycles. The summed E-state index contributed by atoms with van der Waals surface area (Å²) in [4.78, 5) is 24.3. The summed E-state index contributed by atoms with van der Waals surface area (Å²) in [6.07, 6.45) is 3.06. The van der Waals surface area contributed by atoms with Gasteiger partial charge in [0.15, 0.2) is 21.6 Å². The predicted molar refractivity (Wildman–Crippen MR) is 119 cm³/mol. The first-order chi connectivity index (χ1) is 14.6. The summed E-state index contributed by atoms with van der Waals surface area (Å²) in [7, 11) is 3.11. The van der Waals surface area contributed by atoms with E-state index in [0.717, 1.165) is 5.56 Å². The van der Waals surface area contributed by atoms with Crippen molar-refractivity contribution in [3.05, 3.63) is 65.7 Å². The standard InChI is InChI=1S/C21H19N3O4S2/c1-27-17-10-8-14(12-18(17)28-2)9-11-19(26)22-20-23-24-21(30-20)29-13-16(25)15-6-4-3-5-7-15/h3-12H,13H2,1-2H3,(H,22,23,26)/b11-9+. The number of carbonyl (C=O) groups is 2. The van der Waals surface area contributed by atoms with E-state index in [1.165, 1.54) is 29.2 Å². The average molecular weight is 442 g/mol. The van der Waals surface area contributed by atoms with E-state index in [-0.39, 0.29) is 17.4 Å². The number of ether oxygens (including phenoxy) is 2. The number of Topliss-reactive ketones (excluding diaryl/α,β-unsaturated/α-hetero) is 1. The smallest absolute Gasteiger partial charge is 0.250 e. The number of nitrogens with zero attached hydrogens (tertiary/aromatic N) is 2. The maximum Gasteiger partial charge on any atom is 0.250 e. The molecule has 0 aliphatic heterocycles. The van der Waals surface area contributed by atoms with E-state index in [1.54, 1.807) is 44.6 Å². The summed E-state index contributed by atoms with van der Waals surface area (Å²) in [6.45, 7) is 0. The quantitative estimate of drug-likeness (QED) is 0.230. The van der Waals surface area contributed by atoms with Crippen molar-refractivity contribution in [2.45, 2.75) is 4.34 Å². The number of methoxy groups -OCH3 is 2. The fraction of sp³-hybridized carbons (Fsp3) is 0.143. The summed E-state index contributed by atoms with van der Waals surface area (Å²) in [5, 5.41) is 11.0. The maximum atomic E-state index is 12.1. The second kappa shape index (κ2) is 10.6. The second-order valence-corrected chi connectivity index (χ2v) is 8.09. The van der Waals surface area contributed by atoms with Crippen molar-refractivity contribution in [2.75, 3.05) is 25.3 Å². The lowest BCUT2D eigenvalue weighted by Gasteiger charge is -2.07. The van der Waals surface area contributed by atoms with Gasteiger partial charge in [-0.1, -0.05) is 59.5 Å². The molecule has 0 radical (unpaired) electrons. The van der Waals surface area contributed by atoms with Crippen LogP contribution in [0.15, 0.2) is 58.9 Å². The molecule has 1 aromatic heterocycles. The minimum Gasteiger partial charge on any atom is -0.493 e. The van der Waals surface area contributed by atoms with Crippen molar-refractivity contribution in [2.24, 2.45) is 0 Å². The van der Waals surface area contributed by atoms with Crippen LogP contribution in [0, 0.1) is 0 Å². The van der Waals surface area contributed by atoms with Crippen molar-refractivity contribution in [3.8, 4) is 11.5 Å². The minimum atomic E-state index is -0.335. The lowest BCUT2D eigenvalue weighted by atomic mass is 10.2. The highest BCUT2D eigenvalue weighted by Crippen LogP contribution is 2.28. The molecule has 9 heteroatoms. The number of aromatic nitrogens is 2. The van der Waals surface area contributed by atoms with Gasteiger partial charge < -0.3 is 9.47 Å². The highest BCUT2D eigenvalue weighted by atomic mass is 32.2. The minimum absolute atomic E-state index is 0.0132. The van der Waals surface area contributed by atoms with Crippen molar-refractivity contribution in [3.63, 3.8) is 0 Å². The first kappa shape index (κ1) is 21.5. The van der Waals surface area contributed by atoms with E-state index in [0.29, 0.717) is 26.5 Å². The molecule has 0 atom stereocenters. The predicted octanol–water partition coefficient (Wildman–Crippen LogP) is 4.18. The molecule has 30 heavy (non-hydrogen) atoms. The molecule has 0 aliphatic rings. The molecule has 0 aliphatic carbocycles. The molecular formula is C21H19N3O4S2. The van der Waals surface area contributed by atoms with Gasteiger partial charge in [-0.25, -0.2) is 0 Å². The van der Waals surface area contributed by atoms with Gasteiger partial charge in [-0.3, -0.25) is 14.9 Å². The number of anilines is 1. The van der Waals surface area contributed by atoms with E-state index in [9.17, 15) is 9.59 Å². The topological polar surface area (TPSA) is 90.4 Å². The van der Waals surface area contributed by atoms with Crippen LogP contribution in [0.5, 0.6) is 11.5 Å². The molecule has 7 nitrogen and oxygen atoms in total. The largest absolute Gasteiger partial charge is 0.493 e. The monoisotopic (exact) mass is 441 g/mol. The van der Waals surface area contributed by atoms with E-state index in [2.05, 4.69) is 15.5 Å². The molecule has 0 fully saturated rings. The molecule has 154 valence electrons. The average Bonchev–Trinajstić information content (AvgIpc) is 3.23. The van der Waals surface area contributed by atoms with Crippen molar-refractivity contribution < 1.29 is 19.1 Å². The summed E-state index contributed by atoms with van der Waals surface area (Å²) < 4.78 is 11.0. The summed E-state index contributed by atoms with van der Waals surface area (Å²) in [5.41, 5.74) is 1.44. The Labute approximate surface area is 182 Å². The Bertz CT molecular complexity index is 1050. The molecule has 0 bridgehead atoms. The lowest BCUT2D eigenvalue weighted by Crippen LogP contribution is -2.07. The van der Waals surface area contributed by atoms with Crippen LogP contribution in [0.2, 0.25) is 0 Å². The number of nitrogens with one attached hydrogen (secondary N) is 1. The second-order valence-electron chi connectivity index (χ2n) is 5.89. The number of carbonyl (C=O) groups excluding carboxylic acids is 2. The van der Waals surface area contributed by atoms with Gasteiger partial charge in [0.25, 0.3) is 0 Å². The van der Waals surface area contributed by atoms with Crippen LogP contribution in [0.25, 0.3) is 6.08 Å². The fourth-order valence-electron chi connectivity index (χ4n) is 2.43. The molecule has 1 N–H and O–H groups in total. The van der Waals surface area contributed by atoms with E-state index in [1.807, 2.05) is 24.3 Å². The molecule has 3 rings (SSSR count). The summed E-state index contributed by atoms with van der Waals surface area (Å²) >= 11 is 2.51. The third kappa shape index (κ3) is 5.91. The SMILES string of the molecule is COc1ccc(/C=C/C(=O)Nc2nnc(SCC(=O)c3ccccc3)s2)cc1OC. The van der Waals surface area contributed by atoms with Crippen LogP contribution in [-0.2, 0) is 4.79 Å². The molecule has 2 aromatic carbocycles. The van der Waals surface area contributed by atoms with Crippen LogP contribution in [0.3, 0.4) is 0 Å². The van der Waals surface area contributed by atoms with Gasteiger partial charge in [-0.15, -0.1) is 10.2 Å². The first-order valence-corrected chi connectivity index (χ1v) is 10.6. The first-order valence-electron chi connectivity index (χ1n) is 8.84. The Balaban J connectivity index is 1.53. The van der Waals surface area contributed by atoms with Gasteiger partial charge in [0.2, 0.25) is 11.0 Å². The number of thioether (sulfide) groups is 1. The van der Waals surface area contributed by atoms with Gasteiger partial charge in [0.05, 0.1) is 20.0 Å². The van der Waals surface area contributed by atoms with Crippen LogP contribution < -0.4 is 14.8 Å². The highest BCUT2D eigenvalue weighted by Gasteiger charge is 2.11. The van der Waals surface area contributed by atoms with Gasteiger partial charge in [0.1, 0.15) is 0 Å². The zero-order valence-electron chi connectivity index (χ0n) is 16.3. The highest BCUT2D eigenvalue weighted by molar-refractivity contribution is 8.01. The molecular weight excluding hydrogens is 422 g/mol. The Morgan fingerprint density at radius 2 is 1.83 bits per heavy atom. The number of hydrogen-bond donors (Lipinski definition) is 1. The van der Waals surface area contributed by atoms with Crippen molar-refractivity contribution in [1.29, 1.82) is 0 Å². The van der Waals surface area contributed by atoms with Crippen molar-refractivity contribution in [1.82, 2.24) is 10.2 Å². The van der Waals surface area contributed by atoms with Gasteiger partial charge in [-0.2, -0.15) is 0 Å². The van der Waals surface area contributed by atoms with Crippen LogP contribution in [0.4, 0.5) is 5.13 Å². The molecule has 0 spiro atoms. The molecule has 0 unspecified atom stereocenters. The molecule has 1 amide bonds. The van der Waals surface area contributed by atoms with Crippen LogP contribution in [-0.4, -0.2) is 41.9 Å². The Hall–Kier alpha value is -3.17. The maximum absolute atomic E-state index is 12.1. The summed E-state index contributed by atoms with van der Waals surface area (Å²) in [5.74, 6) is 1.13. The normalized spacial score (nSPS) is 10.7.